The molecular formula is C17H16N6O2. The van der Waals surface area contributed by atoms with E-state index in [9.17, 15) is 0 Å². The zero-order chi connectivity index (χ0) is 17.0. The van der Waals surface area contributed by atoms with Gasteiger partial charge in [0.1, 0.15) is 24.4 Å². The summed E-state index contributed by atoms with van der Waals surface area (Å²) < 4.78 is 15.0. The predicted molar refractivity (Wildman–Crippen MR) is 89.8 cm³/mol. The van der Waals surface area contributed by atoms with E-state index in [0.29, 0.717) is 18.9 Å². The fraction of sp³-hybridized carbons (Fsp3) is 0.294. The maximum Gasteiger partial charge on any atom is 0.237 e. The number of ether oxygens (including phenoxy) is 2. The van der Waals surface area contributed by atoms with Gasteiger partial charge in [0, 0.05) is 12.5 Å². The van der Waals surface area contributed by atoms with Gasteiger partial charge in [-0.05, 0) is 19.1 Å². The Hall–Kier alpha value is -3.16. The van der Waals surface area contributed by atoms with Crippen LogP contribution in [0.15, 0.2) is 35.7 Å². The first-order valence-electron chi connectivity index (χ1n) is 8.10. The molecule has 0 amide bonds. The quantitative estimate of drug-likeness (QED) is 0.555. The fourth-order valence-corrected chi connectivity index (χ4v) is 3.29. The van der Waals surface area contributed by atoms with Gasteiger partial charge in [0.25, 0.3) is 0 Å². The van der Waals surface area contributed by atoms with Gasteiger partial charge in [-0.2, -0.15) is 0 Å². The van der Waals surface area contributed by atoms with Crippen LogP contribution in [0.1, 0.15) is 24.0 Å². The first kappa shape index (κ1) is 14.2. The SMILES string of the molecule is COc1ccc2c(c1)-n1nncc1Cc1c(C3=N[C@H](C)CO3)ncn1-2. The summed E-state index contributed by atoms with van der Waals surface area (Å²) in [4.78, 5) is 9.14. The van der Waals surface area contributed by atoms with Crippen LogP contribution >= 0.6 is 0 Å². The Balaban J connectivity index is 1.75. The fourth-order valence-electron chi connectivity index (χ4n) is 3.29. The number of imidazole rings is 1. The molecule has 126 valence electrons. The summed E-state index contributed by atoms with van der Waals surface area (Å²) in [5.41, 5.74) is 4.63. The van der Waals surface area contributed by atoms with E-state index in [1.165, 1.54) is 0 Å². The van der Waals surface area contributed by atoms with Gasteiger partial charge in [0.2, 0.25) is 5.90 Å². The van der Waals surface area contributed by atoms with Crippen LogP contribution in [-0.4, -0.2) is 50.2 Å². The lowest BCUT2D eigenvalue weighted by atomic mass is 10.2. The minimum absolute atomic E-state index is 0.155. The van der Waals surface area contributed by atoms with Crippen LogP contribution in [0.3, 0.4) is 0 Å². The number of hydrogen-bond donors (Lipinski definition) is 0. The van der Waals surface area contributed by atoms with E-state index in [-0.39, 0.29) is 6.04 Å². The number of aliphatic imine (C=N–C) groups is 1. The number of fused-ring (bicyclic) bond motifs is 5. The number of rotatable bonds is 2. The van der Waals surface area contributed by atoms with Crippen molar-refractivity contribution in [2.75, 3.05) is 13.7 Å². The third kappa shape index (κ3) is 2.07. The smallest absolute Gasteiger partial charge is 0.237 e. The molecule has 25 heavy (non-hydrogen) atoms. The summed E-state index contributed by atoms with van der Waals surface area (Å²) in [7, 11) is 1.65. The lowest BCUT2D eigenvalue weighted by Gasteiger charge is -2.11. The Morgan fingerprint density at radius 3 is 3.00 bits per heavy atom. The topological polar surface area (TPSA) is 79.3 Å². The highest BCUT2D eigenvalue weighted by Gasteiger charge is 2.28. The molecule has 0 unspecified atom stereocenters. The van der Waals surface area contributed by atoms with Crippen molar-refractivity contribution < 1.29 is 9.47 Å². The Kier molecular flexibility index (Phi) is 2.94. The van der Waals surface area contributed by atoms with Crippen LogP contribution < -0.4 is 4.74 Å². The lowest BCUT2D eigenvalue weighted by Crippen LogP contribution is -2.08. The summed E-state index contributed by atoms with van der Waals surface area (Å²) in [6.07, 6.45) is 4.22. The number of methoxy groups -OCH3 is 1. The molecule has 4 heterocycles. The van der Waals surface area contributed by atoms with Crippen LogP contribution in [0.2, 0.25) is 0 Å². The molecule has 0 saturated heterocycles. The van der Waals surface area contributed by atoms with Crippen molar-refractivity contribution in [2.45, 2.75) is 19.4 Å². The molecule has 2 aliphatic heterocycles. The maximum atomic E-state index is 5.73. The third-order valence-corrected chi connectivity index (χ3v) is 4.51. The van der Waals surface area contributed by atoms with Crippen LogP contribution in [0.25, 0.3) is 11.4 Å². The Morgan fingerprint density at radius 1 is 1.28 bits per heavy atom. The van der Waals surface area contributed by atoms with Crippen LogP contribution in [0.4, 0.5) is 0 Å². The molecule has 0 saturated carbocycles. The molecule has 0 bridgehead atoms. The van der Waals surface area contributed by atoms with Crippen molar-refractivity contribution in [2.24, 2.45) is 4.99 Å². The lowest BCUT2D eigenvalue weighted by molar-refractivity contribution is 0.323. The first-order chi connectivity index (χ1) is 12.2. The van der Waals surface area contributed by atoms with E-state index in [1.807, 2.05) is 36.1 Å². The number of hydrogen-bond acceptors (Lipinski definition) is 6. The zero-order valence-corrected chi connectivity index (χ0v) is 13.9. The second-order valence-electron chi connectivity index (χ2n) is 6.17. The average molecular weight is 336 g/mol. The monoisotopic (exact) mass is 336 g/mol. The molecule has 1 aromatic carbocycles. The molecule has 2 aliphatic rings. The predicted octanol–water partition coefficient (Wildman–Crippen LogP) is 1.53. The van der Waals surface area contributed by atoms with E-state index in [4.69, 9.17) is 9.47 Å². The third-order valence-electron chi connectivity index (χ3n) is 4.51. The molecule has 0 aliphatic carbocycles. The summed E-state index contributed by atoms with van der Waals surface area (Å²) in [5, 5.41) is 8.33. The van der Waals surface area contributed by atoms with Gasteiger partial charge in [-0.1, -0.05) is 5.21 Å². The Labute approximate surface area is 143 Å². The molecule has 0 N–H and O–H groups in total. The van der Waals surface area contributed by atoms with Crippen molar-refractivity contribution >= 4 is 5.90 Å². The highest BCUT2D eigenvalue weighted by Crippen LogP contribution is 2.31. The molecule has 8 heteroatoms. The molecule has 8 nitrogen and oxygen atoms in total. The van der Waals surface area contributed by atoms with Crippen molar-refractivity contribution in [1.82, 2.24) is 24.5 Å². The van der Waals surface area contributed by atoms with Crippen molar-refractivity contribution in [3.8, 4) is 17.1 Å². The molecule has 1 atom stereocenters. The van der Waals surface area contributed by atoms with E-state index in [2.05, 4.69) is 24.9 Å². The highest BCUT2D eigenvalue weighted by molar-refractivity contribution is 5.94. The zero-order valence-electron chi connectivity index (χ0n) is 13.9. The largest absolute Gasteiger partial charge is 0.497 e. The molecule has 5 rings (SSSR count). The van der Waals surface area contributed by atoms with E-state index < -0.39 is 0 Å². The van der Waals surface area contributed by atoms with Gasteiger partial charge in [0.05, 0.1) is 42.1 Å². The van der Waals surface area contributed by atoms with Crippen LogP contribution in [0, 0.1) is 0 Å². The second-order valence-corrected chi connectivity index (χ2v) is 6.17. The summed E-state index contributed by atoms with van der Waals surface area (Å²) >= 11 is 0. The number of nitrogens with zero attached hydrogens (tertiary/aromatic N) is 6. The number of benzene rings is 1. The molecule has 2 aromatic heterocycles. The molecule has 3 aromatic rings. The maximum absolute atomic E-state index is 5.73. The number of aromatic nitrogens is 5. The first-order valence-corrected chi connectivity index (χ1v) is 8.10. The van der Waals surface area contributed by atoms with Gasteiger partial charge < -0.3 is 9.47 Å². The Bertz CT molecular complexity index is 1000. The van der Waals surface area contributed by atoms with E-state index in [1.54, 1.807) is 13.3 Å². The molecule has 0 fully saturated rings. The highest BCUT2D eigenvalue weighted by atomic mass is 16.5. The average Bonchev–Trinajstić information content (AvgIpc) is 3.34. The normalized spacial score (nSPS) is 17.8. The second kappa shape index (κ2) is 5.17. The van der Waals surface area contributed by atoms with Crippen molar-refractivity contribution in [3.63, 3.8) is 0 Å². The van der Waals surface area contributed by atoms with Crippen LogP contribution in [-0.2, 0) is 11.2 Å². The molecule has 0 spiro atoms. The van der Waals surface area contributed by atoms with Gasteiger partial charge in [-0.3, -0.25) is 4.57 Å². The summed E-state index contributed by atoms with van der Waals surface area (Å²) in [6.45, 7) is 2.62. The van der Waals surface area contributed by atoms with Crippen molar-refractivity contribution in [3.05, 3.63) is 47.8 Å². The van der Waals surface area contributed by atoms with Gasteiger partial charge in [0.15, 0.2) is 0 Å². The van der Waals surface area contributed by atoms with Gasteiger partial charge in [-0.25, -0.2) is 14.7 Å². The van der Waals surface area contributed by atoms with E-state index >= 15 is 0 Å². The molecule has 0 radical (unpaired) electrons. The summed E-state index contributed by atoms with van der Waals surface area (Å²) in [5.74, 6) is 1.37. The van der Waals surface area contributed by atoms with Gasteiger partial charge >= 0.3 is 0 Å². The van der Waals surface area contributed by atoms with E-state index in [0.717, 1.165) is 34.2 Å². The van der Waals surface area contributed by atoms with Crippen molar-refractivity contribution in [1.29, 1.82) is 0 Å². The van der Waals surface area contributed by atoms with Crippen LogP contribution in [0.5, 0.6) is 5.75 Å². The minimum Gasteiger partial charge on any atom is -0.497 e. The molecular weight excluding hydrogens is 320 g/mol. The minimum atomic E-state index is 0.155. The van der Waals surface area contributed by atoms with Gasteiger partial charge in [-0.15, -0.1) is 5.10 Å². The standard InChI is InChI=1S/C17H16N6O2/c1-10-8-25-17(20-10)16-15-5-11-7-19-21-23(11)14-6-12(24-2)3-4-13(14)22(15)9-18-16/h3-4,6-7,9-10H,5,8H2,1-2H3/t10-/m1/s1. The summed E-state index contributed by atoms with van der Waals surface area (Å²) in [6, 6.07) is 6.03. The Morgan fingerprint density at radius 2 is 2.20 bits per heavy atom.